The lowest BCUT2D eigenvalue weighted by Gasteiger charge is -2.17. The van der Waals surface area contributed by atoms with Crippen molar-refractivity contribution in [1.82, 2.24) is 5.32 Å². The summed E-state index contributed by atoms with van der Waals surface area (Å²) in [4.78, 5) is 1.26. The van der Waals surface area contributed by atoms with Gasteiger partial charge in [-0.15, -0.1) is 11.3 Å². The maximum absolute atomic E-state index is 6.06. The van der Waals surface area contributed by atoms with Gasteiger partial charge in [0.1, 0.15) is 0 Å². The molecule has 1 aromatic carbocycles. The highest BCUT2D eigenvalue weighted by atomic mass is 79.9. The molecular formula is C13H12BrCl2NS. The van der Waals surface area contributed by atoms with Crippen LogP contribution in [0.3, 0.4) is 0 Å². The zero-order valence-electron chi connectivity index (χ0n) is 9.71. The number of halogens is 3. The van der Waals surface area contributed by atoms with Gasteiger partial charge >= 0.3 is 0 Å². The summed E-state index contributed by atoms with van der Waals surface area (Å²) >= 11 is 17.2. The Morgan fingerprint density at radius 3 is 2.67 bits per heavy atom. The van der Waals surface area contributed by atoms with Gasteiger partial charge < -0.3 is 5.32 Å². The van der Waals surface area contributed by atoms with Crippen molar-refractivity contribution in [2.45, 2.75) is 12.5 Å². The van der Waals surface area contributed by atoms with Crippen LogP contribution in [-0.2, 0) is 6.42 Å². The fraction of sp³-hybridized carbons (Fsp3) is 0.231. The fourth-order valence-electron chi connectivity index (χ4n) is 1.81. The van der Waals surface area contributed by atoms with Gasteiger partial charge in [0.05, 0.1) is 4.34 Å². The van der Waals surface area contributed by atoms with Crippen LogP contribution in [0.2, 0.25) is 9.36 Å². The minimum atomic E-state index is 0.216. The Labute approximate surface area is 129 Å². The van der Waals surface area contributed by atoms with Crippen LogP contribution in [0.4, 0.5) is 0 Å². The molecule has 2 rings (SSSR count). The standard InChI is InChI=1S/C13H12BrCl2NS/c1-17-12(7-9-3-5-13(16)18-9)10-6-8(15)2-4-11(10)14/h2-6,12,17H,7H2,1H3. The molecular weight excluding hydrogens is 353 g/mol. The summed E-state index contributed by atoms with van der Waals surface area (Å²) < 4.78 is 1.89. The van der Waals surface area contributed by atoms with E-state index in [1.165, 1.54) is 4.88 Å². The van der Waals surface area contributed by atoms with Crippen LogP contribution in [-0.4, -0.2) is 7.05 Å². The van der Waals surface area contributed by atoms with Crippen molar-refractivity contribution in [2.24, 2.45) is 0 Å². The molecule has 1 unspecified atom stereocenters. The van der Waals surface area contributed by atoms with Crippen LogP contribution in [0.25, 0.3) is 0 Å². The smallest absolute Gasteiger partial charge is 0.0931 e. The lowest BCUT2D eigenvalue weighted by atomic mass is 10.0. The van der Waals surface area contributed by atoms with Gasteiger partial charge in [-0.05, 0) is 42.9 Å². The molecule has 5 heteroatoms. The Morgan fingerprint density at radius 2 is 2.06 bits per heavy atom. The maximum atomic E-state index is 6.06. The van der Waals surface area contributed by atoms with Crippen LogP contribution in [0.15, 0.2) is 34.8 Å². The molecule has 1 aromatic heterocycles. The summed E-state index contributed by atoms with van der Waals surface area (Å²) in [6.45, 7) is 0. The van der Waals surface area contributed by atoms with E-state index in [1.54, 1.807) is 11.3 Å². The first-order valence-corrected chi connectivity index (χ1v) is 7.83. The average molecular weight is 365 g/mol. The molecule has 0 spiro atoms. The summed E-state index contributed by atoms with van der Waals surface area (Å²) in [5.41, 5.74) is 1.16. The minimum Gasteiger partial charge on any atom is -0.313 e. The number of benzene rings is 1. The van der Waals surface area contributed by atoms with E-state index >= 15 is 0 Å². The van der Waals surface area contributed by atoms with Gasteiger partial charge in [0.2, 0.25) is 0 Å². The summed E-state index contributed by atoms with van der Waals surface area (Å²) in [6.07, 6.45) is 0.896. The highest BCUT2D eigenvalue weighted by Gasteiger charge is 2.15. The molecule has 18 heavy (non-hydrogen) atoms. The first-order valence-electron chi connectivity index (χ1n) is 5.46. The number of nitrogens with one attached hydrogen (secondary N) is 1. The average Bonchev–Trinajstić information content (AvgIpc) is 2.75. The van der Waals surface area contributed by atoms with Crippen LogP contribution in [0.5, 0.6) is 0 Å². The zero-order chi connectivity index (χ0) is 13.1. The number of likely N-dealkylation sites (N-methyl/N-ethyl adjacent to an activating group) is 1. The zero-order valence-corrected chi connectivity index (χ0v) is 13.6. The van der Waals surface area contributed by atoms with E-state index < -0.39 is 0 Å². The van der Waals surface area contributed by atoms with Gasteiger partial charge in [-0.25, -0.2) is 0 Å². The number of hydrogen-bond donors (Lipinski definition) is 1. The maximum Gasteiger partial charge on any atom is 0.0931 e. The number of hydrogen-bond acceptors (Lipinski definition) is 2. The van der Waals surface area contributed by atoms with Gasteiger partial charge in [0, 0.05) is 26.8 Å². The highest BCUT2D eigenvalue weighted by Crippen LogP contribution is 2.31. The van der Waals surface area contributed by atoms with Crippen molar-refractivity contribution in [1.29, 1.82) is 0 Å². The fourth-order valence-corrected chi connectivity index (χ4v) is 3.65. The second kappa shape index (κ2) is 6.40. The summed E-state index contributed by atoms with van der Waals surface area (Å²) in [6, 6.07) is 10.1. The molecule has 1 heterocycles. The number of rotatable bonds is 4. The molecule has 0 saturated heterocycles. The van der Waals surface area contributed by atoms with Crippen molar-refractivity contribution in [3.05, 3.63) is 54.6 Å². The predicted molar refractivity (Wildman–Crippen MR) is 84.0 cm³/mol. The molecule has 0 saturated carbocycles. The van der Waals surface area contributed by atoms with E-state index in [1.807, 2.05) is 31.3 Å². The molecule has 0 amide bonds. The second-order valence-corrected chi connectivity index (χ2v) is 7.01. The first kappa shape index (κ1) is 14.4. The third-order valence-corrected chi connectivity index (χ3v) is 4.93. The van der Waals surface area contributed by atoms with Gasteiger partial charge in [0.15, 0.2) is 0 Å². The largest absolute Gasteiger partial charge is 0.313 e. The van der Waals surface area contributed by atoms with Crippen LogP contribution in [0.1, 0.15) is 16.5 Å². The van der Waals surface area contributed by atoms with Crippen molar-refractivity contribution in [3.8, 4) is 0 Å². The Bertz CT molecular complexity index is 542. The molecule has 0 bridgehead atoms. The van der Waals surface area contributed by atoms with Crippen molar-refractivity contribution < 1.29 is 0 Å². The van der Waals surface area contributed by atoms with E-state index in [0.717, 1.165) is 25.8 Å². The van der Waals surface area contributed by atoms with E-state index in [2.05, 4.69) is 27.3 Å². The van der Waals surface area contributed by atoms with Gasteiger partial charge in [0.25, 0.3) is 0 Å². The SMILES string of the molecule is CNC(Cc1ccc(Cl)s1)c1cc(Cl)ccc1Br. The van der Waals surface area contributed by atoms with Gasteiger partial charge in [-0.3, -0.25) is 0 Å². The minimum absolute atomic E-state index is 0.216. The van der Waals surface area contributed by atoms with Gasteiger partial charge in [-0.2, -0.15) is 0 Å². The summed E-state index contributed by atoms with van der Waals surface area (Å²) in [7, 11) is 1.95. The van der Waals surface area contributed by atoms with Crippen LogP contribution in [0, 0.1) is 0 Å². The molecule has 0 fully saturated rings. The molecule has 1 N–H and O–H groups in total. The van der Waals surface area contributed by atoms with Crippen molar-refractivity contribution >= 4 is 50.5 Å². The Balaban J connectivity index is 2.25. The normalized spacial score (nSPS) is 12.7. The molecule has 96 valence electrons. The van der Waals surface area contributed by atoms with Crippen molar-refractivity contribution in [3.63, 3.8) is 0 Å². The third-order valence-electron chi connectivity index (χ3n) is 2.72. The molecule has 0 aliphatic carbocycles. The van der Waals surface area contributed by atoms with E-state index in [-0.39, 0.29) is 6.04 Å². The van der Waals surface area contributed by atoms with Crippen LogP contribution >= 0.6 is 50.5 Å². The lowest BCUT2D eigenvalue weighted by molar-refractivity contribution is 0.594. The van der Waals surface area contributed by atoms with E-state index in [0.29, 0.717) is 0 Å². The monoisotopic (exact) mass is 363 g/mol. The van der Waals surface area contributed by atoms with E-state index in [9.17, 15) is 0 Å². The topological polar surface area (TPSA) is 12.0 Å². The molecule has 0 aliphatic heterocycles. The van der Waals surface area contributed by atoms with Crippen LogP contribution < -0.4 is 5.32 Å². The summed E-state index contributed by atoms with van der Waals surface area (Å²) in [5.74, 6) is 0. The summed E-state index contributed by atoms with van der Waals surface area (Å²) in [5, 5.41) is 4.07. The van der Waals surface area contributed by atoms with Crippen molar-refractivity contribution in [2.75, 3.05) is 7.05 Å². The molecule has 0 aliphatic rings. The first-order chi connectivity index (χ1) is 8.60. The highest BCUT2D eigenvalue weighted by molar-refractivity contribution is 9.10. The predicted octanol–water partition coefficient (Wildman–Crippen LogP) is 5.32. The van der Waals surface area contributed by atoms with Gasteiger partial charge in [-0.1, -0.05) is 39.1 Å². The lowest BCUT2D eigenvalue weighted by Crippen LogP contribution is -2.18. The Kier molecular flexibility index (Phi) is 5.10. The van der Waals surface area contributed by atoms with E-state index in [4.69, 9.17) is 23.2 Å². The molecule has 0 radical (unpaired) electrons. The molecule has 2 aromatic rings. The Hall–Kier alpha value is -0.0600. The number of thiophene rings is 1. The quantitative estimate of drug-likeness (QED) is 0.773. The molecule has 1 atom stereocenters. The molecule has 1 nitrogen and oxygen atoms in total. The Morgan fingerprint density at radius 1 is 1.28 bits per heavy atom. The second-order valence-electron chi connectivity index (χ2n) is 3.92. The third kappa shape index (κ3) is 3.49.